The summed E-state index contributed by atoms with van der Waals surface area (Å²) in [6.45, 7) is 0.209. The van der Waals surface area contributed by atoms with Crippen LogP contribution in [0.2, 0.25) is 5.02 Å². The van der Waals surface area contributed by atoms with Crippen LogP contribution in [0.4, 0.5) is 10.1 Å². The van der Waals surface area contributed by atoms with E-state index in [1.807, 2.05) is 0 Å². The van der Waals surface area contributed by atoms with Gasteiger partial charge >= 0.3 is 0 Å². The fourth-order valence-electron chi connectivity index (χ4n) is 3.08. The van der Waals surface area contributed by atoms with Crippen molar-refractivity contribution < 1.29 is 22.4 Å². The molecule has 148 valence electrons. The molecular weight excluding hydrogens is 407 g/mol. The Morgan fingerprint density at radius 1 is 1.29 bits per heavy atom. The molecule has 0 saturated heterocycles. The molecule has 0 aromatic heterocycles. The van der Waals surface area contributed by atoms with E-state index in [0.717, 1.165) is 17.9 Å². The molecule has 28 heavy (non-hydrogen) atoms. The molecule has 1 N–H and O–H groups in total. The van der Waals surface area contributed by atoms with Crippen LogP contribution in [-0.4, -0.2) is 43.2 Å². The zero-order chi connectivity index (χ0) is 20.5. The summed E-state index contributed by atoms with van der Waals surface area (Å²) in [5, 5.41) is 2.43. The molecule has 1 heterocycles. The second-order valence-corrected chi connectivity index (χ2v) is 9.31. The Kier molecular flexibility index (Phi) is 5.71. The number of carbonyl (C=O) groups excluding carboxylic acids is 2. The molecule has 1 atom stereocenters. The zero-order valence-corrected chi connectivity index (χ0v) is 16.6. The number of hydrogen-bond donors (Lipinski definition) is 1. The molecule has 2 amide bonds. The van der Waals surface area contributed by atoms with Gasteiger partial charge in [-0.15, -0.1) is 0 Å². The van der Waals surface area contributed by atoms with Gasteiger partial charge in [0.15, 0.2) is 0 Å². The van der Waals surface area contributed by atoms with Gasteiger partial charge in [-0.3, -0.25) is 9.59 Å². The van der Waals surface area contributed by atoms with Gasteiger partial charge in [-0.25, -0.2) is 12.8 Å². The molecule has 1 aliphatic rings. The Balaban J connectivity index is 1.85. The van der Waals surface area contributed by atoms with Gasteiger partial charge in [0.25, 0.3) is 5.91 Å². The van der Waals surface area contributed by atoms with Crippen LogP contribution in [0.15, 0.2) is 42.5 Å². The highest BCUT2D eigenvalue weighted by Gasteiger charge is 2.36. The molecule has 1 aliphatic heterocycles. The average Bonchev–Trinajstić information content (AvgIpc) is 2.94. The highest BCUT2D eigenvalue weighted by atomic mass is 35.5. The molecule has 2 aromatic carbocycles. The Bertz CT molecular complexity index is 1040. The minimum absolute atomic E-state index is 0.0562. The van der Waals surface area contributed by atoms with E-state index in [1.54, 1.807) is 24.3 Å². The third-order valence-electron chi connectivity index (χ3n) is 4.48. The Labute approximate surface area is 167 Å². The minimum Gasteiger partial charge on any atom is -0.324 e. The van der Waals surface area contributed by atoms with Crippen molar-refractivity contribution >= 4 is 38.9 Å². The summed E-state index contributed by atoms with van der Waals surface area (Å²) < 4.78 is 36.6. The summed E-state index contributed by atoms with van der Waals surface area (Å²) in [6.07, 6.45) is 1.02. The number of amides is 2. The molecular formula is C19H18ClFN2O4S. The molecule has 0 saturated carbocycles. The number of benzene rings is 2. The lowest BCUT2D eigenvalue weighted by Gasteiger charge is -2.26. The lowest BCUT2D eigenvalue weighted by molar-refractivity contribution is -0.120. The van der Waals surface area contributed by atoms with Crippen molar-refractivity contribution in [3.8, 4) is 0 Å². The molecule has 0 radical (unpaired) electrons. The number of sulfone groups is 1. The van der Waals surface area contributed by atoms with Crippen LogP contribution in [0.3, 0.4) is 0 Å². The second-order valence-electron chi connectivity index (χ2n) is 6.64. The van der Waals surface area contributed by atoms with Crippen LogP contribution in [0.25, 0.3) is 0 Å². The van der Waals surface area contributed by atoms with E-state index in [9.17, 15) is 22.4 Å². The number of rotatable bonds is 6. The van der Waals surface area contributed by atoms with E-state index in [1.165, 1.54) is 17.0 Å². The van der Waals surface area contributed by atoms with Crippen molar-refractivity contribution in [2.75, 3.05) is 17.3 Å². The van der Waals surface area contributed by atoms with E-state index < -0.39 is 27.6 Å². The molecule has 2 aromatic rings. The molecule has 6 nitrogen and oxygen atoms in total. The molecule has 9 heteroatoms. The third-order valence-corrected chi connectivity index (χ3v) is 5.74. The monoisotopic (exact) mass is 424 g/mol. The first-order valence-corrected chi connectivity index (χ1v) is 10.9. The average molecular weight is 425 g/mol. The van der Waals surface area contributed by atoms with Crippen LogP contribution in [0, 0.1) is 5.82 Å². The van der Waals surface area contributed by atoms with E-state index in [-0.39, 0.29) is 35.3 Å². The van der Waals surface area contributed by atoms with Crippen LogP contribution in [0.5, 0.6) is 0 Å². The van der Waals surface area contributed by atoms with Gasteiger partial charge < -0.3 is 10.2 Å². The topological polar surface area (TPSA) is 83.6 Å². The fraction of sp³-hybridized carbons (Fsp3) is 0.263. The van der Waals surface area contributed by atoms with Crippen molar-refractivity contribution in [3.05, 3.63) is 64.4 Å². The van der Waals surface area contributed by atoms with Crippen LogP contribution in [0.1, 0.15) is 22.3 Å². The normalized spacial score (nSPS) is 14.7. The highest BCUT2D eigenvalue weighted by molar-refractivity contribution is 7.90. The maximum atomic E-state index is 13.3. The number of hydrogen-bond acceptors (Lipinski definition) is 4. The molecule has 3 rings (SSSR count). The van der Waals surface area contributed by atoms with Gasteiger partial charge in [0.2, 0.25) is 5.91 Å². The first kappa shape index (κ1) is 20.3. The van der Waals surface area contributed by atoms with Crippen molar-refractivity contribution in [2.24, 2.45) is 0 Å². The van der Waals surface area contributed by atoms with E-state index >= 15 is 0 Å². The predicted octanol–water partition coefficient (Wildman–Crippen LogP) is 2.88. The lowest BCUT2D eigenvalue weighted by atomic mass is 10.1. The van der Waals surface area contributed by atoms with Gasteiger partial charge in [0.1, 0.15) is 21.7 Å². The lowest BCUT2D eigenvalue weighted by Crippen LogP contribution is -2.45. The largest absolute Gasteiger partial charge is 0.324 e. The summed E-state index contributed by atoms with van der Waals surface area (Å²) in [6, 6.07) is 9.69. The smallest absolute Gasteiger partial charge is 0.255 e. The molecule has 0 bridgehead atoms. The highest BCUT2D eigenvalue weighted by Crippen LogP contribution is 2.27. The molecule has 0 spiro atoms. The van der Waals surface area contributed by atoms with Crippen molar-refractivity contribution in [1.82, 2.24) is 4.90 Å². The summed E-state index contributed by atoms with van der Waals surface area (Å²) in [7, 11) is -3.34. The van der Waals surface area contributed by atoms with Gasteiger partial charge in [0, 0.05) is 24.1 Å². The fourth-order valence-corrected chi connectivity index (χ4v) is 3.91. The summed E-state index contributed by atoms with van der Waals surface area (Å²) in [5.74, 6) is -1.78. The first-order valence-electron chi connectivity index (χ1n) is 8.48. The number of anilines is 1. The Morgan fingerprint density at radius 2 is 2.00 bits per heavy atom. The van der Waals surface area contributed by atoms with E-state index in [2.05, 4.69) is 5.32 Å². The number of carbonyl (C=O) groups is 2. The Morgan fingerprint density at radius 3 is 2.64 bits per heavy atom. The van der Waals surface area contributed by atoms with Crippen molar-refractivity contribution in [2.45, 2.75) is 19.0 Å². The Hall–Kier alpha value is -2.45. The van der Waals surface area contributed by atoms with E-state index in [4.69, 9.17) is 11.6 Å². The SMILES string of the molecule is CS(=O)(=O)CC[C@H](C(=O)Nc1ccc(F)c(Cl)c1)N1Cc2ccccc2C1=O. The third kappa shape index (κ3) is 4.51. The standard InChI is InChI=1S/C19H18ClFN2O4S/c1-28(26,27)9-8-17(18(24)22-13-6-7-16(21)15(20)10-13)23-11-12-4-2-3-5-14(12)19(23)25/h2-7,10,17H,8-9,11H2,1H3,(H,22,24)/t17-/m1/s1. The molecule has 0 unspecified atom stereocenters. The predicted molar refractivity (Wildman–Crippen MR) is 104 cm³/mol. The second kappa shape index (κ2) is 7.89. The van der Waals surface area contributed by atoms with Crippen molar-refractivity contribution in [1.29, 1.82) is 0 Å². The summed E-state index contributed by atoms with van der Waals surface area (Å²) >= 11 is 5.74. The molecule has 0 fully saturated rings. The quantitative estimate of drug-likeness (QED) is 0.772. The van der Waals surface area contributed by atoms with Gasteiger partial charge in [-0.2, -0.15) is 0 Å². The van der Waals surface area contributed by atoms with Gasteiger partial charge in [-0.1, -0.05) is 29.8 Å². The van der Waals surface area contributed by atoms with E-state index in [0.29, 0.717) is 5.56 Å². The van der Waals surface area contributed by atoms with Gasteiger partial charge in [0.05, 0.1) is 10.8 Å². The zero-order valence-electron chi connectivity index (χ0n) is 15.0. The summed E-state index contributed by atoms with van der Waals surface area (Å²) in [5.41, 5.74) is 1.52. The number of nitrogens with one attached hydrogen (secondary N) is 1. The van der Waals surface area contributed by atoms with Crippen molar-refractivity contribution in [3.63, 3.8) is 0 Å². The first-order chi connectivity index (χ1) is 13.2. The number of nitrogens with zero attached hydrogens (tertiary/aromatic N) is 1. The van der Waals surface area contributed by atoms with Crippen LogP contribution in [-0.2, 0) is 21.2 Å². The number of fused-ring (bicyclic) bond motifs is 1. The maximum absolute atomic E-state index is 13.3. The molecule has 0 aliphatic carbocycles. The maximum Gasteiger partial charge on any atom is 0.255 e. The minimum atomic E-state index is -3.34. The number of halogens is 2. The van der Waals surface area contributed by atoms with Gasteiger partial charge in [-0.05, 0) is 36.2 Å². The van der Waals surface area contributed by atoms with Crippen LogP contribution >= 0.6 is 11.6 Å². The summed E-state index contributed by atoms with van der Waals surface area (Å²) in [4.78, 5) is 27.0. The van der Waals surface area contributed by atoms with Crippen LogP contribution < -0.4 is 5.32 Å².